The van der Waals surface area contributed by atoms with Crippen LogP contribution in [-0.4, -0.2) is 6.04 Å². The molecule has 0 radical (unpaired) electrons. The maximum Gasteiger partial charge on any atom is 0.134 e. The van der Waals surface area contributed by atoms with Gasteiger partial charge >= 0.3 is 0 Å². The van der Waals surface area contributed by atoms with Gasteiger partial charge in [0.05, 0.1) is 0 Å². The highest BCUT2D eigenvalue weighted by Crippen LogP contribution is 2.30. The van der Waals surface area contributed by atoms with E-state index in [-0.39, 0.29) is 11.9 Å². The minimum Gasteiger partial charge on any atom is -0.457 e. The quantitative estimate of drug-likeness (QED) is 0.800. The second-order valence-corrected chi connectivity index (χ2v) is 6.18. The number of hydrogen-bond donors (Lipinski definition) is 1. The average molecular weight is 352 g/mol. The van der Waals surface area contributed by atoms with Gasteiger partial charge in [0.25, 0.3) is 0 Å². The van der Waals surface area contributed by atoms with Crippen LogP contribution in [0.25, 0.3) is 0 Å². The summed E-state index contributed by atoms with van der Waals surface area (Å²) in [7, 11) is 0. The maximum atomic E-state index is 14.0. The molecule has 0 unspecified atom stereocenters. The van der Waals surface area contributed by atoms with E-state index in [2.05, 4.69) is 21.2 Å². The van der Waals surface area contributed by atoms with Gasteiger partial charge in [-0.1, -0.05) is 35.8 Å². The number of halogens is 2. The van der Waals surface area contributed by atoms with Crippen molar-refractivity contribution in [3.05, 3.63) is 57.8 Å². The van der Waals surface area contributed by atoms with E-state index >= 15 is 0 Å². The molecule has 0 saturated carbocycles. The van der Waals surface area contributed by atoms with Crippen molar-refractivity contribution < 1.29 is 9.13 Å². The van der Waals surface area contributed by atoms with E-state index < -0.39 is 0 Å². The second kappa shape index (κ2) is 7.05. The molecule has 21 heavy (non-hydrogen) atoms. The Hall–Kier alpha value is -1.39. The SMILES string of the molecule is Cc1cc(Br)ccc1Oc1cccc(F)c1CNC(C)C. The first-order valence-corrected chi connectivity index (χ1v) is 7.71. The Bertz CT molecular complexity index is 628. The third-order valence-electron chi connectivity index (χ3n) is 3.12. The van der Waals surface area contributed by atoms with Gasteiger partial charge in [-0.05, 0) is 42.8 Å². The lowest BCUT2D eigenvalue weighted by molar-refractivity contribution is 0.454. The molecule has 2 nitrogen and oxygen atoms in total. The van der Waals surface area contributed by atoms with Crippen molar-refractivity contribution in [1.82, 2.24) is 5.32 Å². The number of rotatable bonds is 5. The summed E-state index contributed by atoms with van der Waals surface area (Å²) in [5, 5.41) is 3.23. The van der Waals surface area contributed by atoms with Gasteiger partial charge in [-0.15, -0.1) is 0 Å². The lowest BCUT2D eigenvalue weighted by Gasteiger charge is -2.15. The summed E-state index contributed by atoms with van der Waals surface area (Å²) in [6, 6.07) is 11.0. The predicted molar refractivity (Wildman–Crippen MR) is 87.3 cm³/mol. The Morgan fingerprint density at radius 1 is 1.19 bits per heavy atom. The molecule has 0 atom stereocenters. The van der Waals surface area contributed by atoms with E-state index in [9.17, 15) is 4.39 Å². The summed E-state index contributed by atoms with van der Waals surface area (Å²) in [6.07, 6.45) is 0. The smallest absolute Gasteiger partial charge is 0.134 e. The van der Waals surface area contributed by atoms with Crippen molar-refractivity contribution in [1.29, 1.82) is 0 Å². The fraction of sp³-hybridized carbons (Fsp3) is 0.294. The highest BCUT2D eigenvalue weighted by molar-refractivity contribution is 9.10. The molecule has 0 bridgehead atoms. The summed E-state index contributed by atoms with van der Waals surface area (Å²) in [5.41, 5.74) is 1.55. The second-order valence-electron chi connectivity index (χ2n) is 5.26. The van der Waals surface area contributed by atoms with Crippen LogP contribution in [0.4, 0.5) is 4.39 Å². The minimum absolute atomic E-state index is 0.254. The van der Waals surface area contributed by atoms with Gasteiger partial charge in [-0.3, -0.25) is 0 Å². The van der Waals surface area contributed by atoms with Crippen molar-refractivity contribution in [3.8, 4) is 11.5 Å². The first kappa shape index (κ1) is 16.0. The Labute approximate surface area is 133 Å². The van der Waals surface area contributed by atoms with Gasteiger partial charge in [-0.25, -0.2) is 4.39 Å². The zero-order chi connectivity index (χ0) is 15.4. The van der Waals surface area contributed by atoms with E-state index in [4.69, 9.17) is 4.74 Å². The van der Waals surface area contributed by atoms with E-state index in [1.807, 2.05) is 39.0 Å². The number of benzene rings is 2. The Morgan fingerprint density at radius 3 is 2.62 bits per heavy atom. The zero-order valence-corrected chi connectivity index (χ0v) is 14.0. The summed E-state index contributed by atoms with van der Waals surface area (Å²) in [4.78, 5) is 0. The molecule has 112 valence electrons. The number of ether oxygens (including phenoxy) is 1. The highest BCUT2D eigenvalue weighted by Gasteiger charge is 2.12. The summed E-state index contributed by atoms with van der Waals surface area (Å²) in [5.74, 6) is 1.03. The lowest BCUT2D eigenvalue weighted by atomic mass is 10.1. The number of hydrogen-bond acceptors (Lipinski definition) is 2. The molecule has 2 rings (SSSR count). The molecule has 1 N–H and O–H groups in total. The summed E-state index contributed by atoms with van der Waals surface area (Å²) >= 11 is 3.42. The van der Waals surface area contributed by atoms with Crippen LogP contribution in [-0.2, 0) is 6.54 Å². The molecule has 0 amide bonds. The topological polar surface area (TPSA) is 21.3 Å². The van der Waals surface area contributed by atoms with Crippen LogP contribution in [0.1, 0.15) is 25.0 Å². The van der Waals surface area contributed by atoms with Crippen LogP contribution in [0.15, 0.2) is 40.9 Å². The van der Waals surface area contributed by atoms with Gasteiger partial charge in [-0.2, -0.15) is 0 Å². The molecule has 0 aliphatic heterocycles. The van der Waals surface area contributed by atoms with Gasteiger partial charge in [0.15, 0.2) is 0 Å². The largest absolute Gasteiger partial charge is 0.457 e. The third-order valence-corrected chi connectivity index (χ3v) is 3.61. The van der Waals surface area contributed by atoms with Crippen molar-refractivity contribution in [2.45, 2.75) is 33.4 Å². The van der Waals surface area contributed by atoms with E-state index in [1.54, 1.807) is 12.1 Å². The van der Waals surface area contributed by atoms with Crippen molar-refractivity contribution >= 4 is 15.9 Å². The minimum atomic E-state index is -0.254. The van der Waals surface area contributed by atoms with Gasteiger partial charge in [0.2, 0.25) is 0 Å². The molecule has 0 spiro atoms. The first-order valence-electron chi connectivity index (χ1n) is 6.92. The number of nitrogens with one attached hydrogen (secondary N) is 1. The van der Waals surface area contributed by atoms with Crippen LogP contribution in [0, 0.1) is 12.7 Å². The molecule has 0 aromatic heterocycles. The van der Waals surface area contributed by atoms with Gasteiger partial charge < -0.3 is 10.1 Å². The standard InChI is InChI=1S/C17H19BrFNO/c1-11(2)20-10-14-15(19)5-4-6-17(14)21-16-8-7-13(18)9-12(16)3/h4-9,11,20H,10H2,1-3H3. The van der Waals surface area contributed by atoms with E-state index in [0.717, 1.165) is 15.8 Å². The third kappa shape index (κ3) is 4.29. The van der Waals surface area contributed by atoms with Crippen LogP contribution < -0.4 is 10.1 Å². The van der Waals surface area contributed by atoms with E-state index in [1.165, 1.54) is 6.07 Å². The van der Waals surface area contributed by atoms with E-state index in [0.29, 0.717) is 17.9 Å². The molecule has 2 aromatic carbocycles. The number of aryl methyl sites for hydroxylation is 1. The fourth-order valence-electron chi connectivity index (χ4n) is 1.96. The Balaban J connectivity index is 2.28. The average Bonchev–Trinajstić information content (AvgIpc) is 2.41. The van der Waals surface area contributed by atoms with Gasteiger partial charge in [0.1, 0.15) is 17.3 Å². The lowest BCUT2D eigenvalue weighted by Crippen LogP contribution is -2.22. The normalized spacial score (nSPS) is 11.0. The van der Waals surface area contributed by atoms with Crippen molar-refractivity contribution in [2.75, 3.05) is 0 Å². The predicted octanol–water partition coefficient (Wildman–Crippen LogP) is 5.19. The molecule has 0 saturated heterocycles. The van der Waals surface area contributed by atoms with Crippen molar-refractivity contribution in [2.24, 2.45) is 0 Å². The molecule has 0 fully saturated rings. The summed E-state index contributed by atoms with van der Waals surface area (Å²) < 4.78 is 20.9. The molecular formula is C17H19BrFNO. The Kier molecular flexibility index (Phi) is 5.37. The monoisotopic (exact) mass is 351 g/mol. The maximum absolute atomic E-state index is 14.0. The van der Waals surface area contributed by atoms with Crippen molar-refractivity contribution in [3.63, 3.8) is 0 Å². The van der Waals surface area contributed by atoms with Crippen LogP contribution in [0.2, 0.25) is 0 Å². The summed E-state index contributed by atoms with van der Waals surface area (Å²) in [6.45, 7) is 6.46. The van der Waals surface area contributed by atoms with Crippen LogP contribution in [0.3, 0.4) is 0 Å². The molecule has 2 aromatic rings. The molecule has 0 aliphatic rings. The van der Waals surface area contributed by atoms with Crippen LogP contribution >= 0.6 is 15.9 Å². The van der Waals surface area contributed by atoms with Crippen LogP contribution in [0.5, 0.6) is 11.5 Å². The zero-order valence-electron chi connectivity index (χ0n) is 12.4. The van der Waals surface area contributed by atoms with Gasteiger partial charge in [0, 0.05) is 22.6 Å². The highest BCUT2D eigenvalue weighted by atomic mass is 79.9. The molecular weight excluding hydrogens is 333 g/mol. The molecule has 0 heterocycles. The molecule has 4 heteroatoms. The Morgan fingerprint density at radius 2 is 1.95 bits per heavy atom. The fourth-order valence-corrected chi connectivity index (χ4v) is 2.43. The molecule has 0 aliphatic carbocycles. The first-order chi connectivity index (χ1) is 9.97.